The van der Waals surface area contributed by atoms with Crippen molar-refractivity contribution in [3.8, 4) is 0 Å². The van der Waals surface area contributed by atoms with Gasteiger partial charge in [0, 0.05) is 73.0 Å². The number of hydrogen-bond donors (Lipinski definition) is 2. The van der Waals surface area contributed by atoms with Gasteiger partial charge < -0.3 is 25.0 Å². The number of aromatic nitrogens is 5. The number of pyridine rings is 2. The van der Waals surface area contributed by atoms with Crippen LogP contribution in [-0.2, 0) is 30.7 Å². The second kappa shape index (κ2) is 10.7. The van der Waals surface area contributed by atoms with E-state index in [4.69, 9.17) is 25.4 Å². The Morgan fingerprint density at radius 2 is 1.95 bits per heavy atom. The molecule has 2 aliphatic heterocycles. The van der Waals surface area contributed by atoms with Gasteiger partial charge in [0.25, 0.3) is 0 Å². The Morgan fingerprint density at radius 3 is 2.80 bits per heavy atom. The minimum Gasteiger partial charge on any atom is -0.390 e. The highest BCUT2D eigenvalue weighted by Crippen LogP contribution is 2.50. The van der Waals surface area contributed by atoms with Crippen LogP contribution in [0.3, 0.4) is 0 Å². The Balaban J connectivity index is 1.10. The van der Waals surface area contributed by atoms with Crippen LogP contribution in [0.1, 0.15) is 54.4 Å². The molecule has 40 heavy (non-hydrogen) atoms. The molecule has 6 heterocycles. The van der Waals surface area contributed by atoms with E-state index >= 15 is 0 Å². The van der Waals surface area contributed by atoms with E-state index in [2.05, 4.69) is 26.6 Å². The van der Waals surface area contributed by atoms with E-state index in [1.54, 1.807) is 11.8 Å². The van der Waals surface area contributed by atoms with Gasteiger partial charge in [0.15, 0.2) is 5.82 Å². The summed E-state index contributed by atoms with van der Waals surface area (Å²) in [4.78, 5) is 22.4. The van der Waals surface area contributed by atoms with E-state index in [-0.39, 0.29) is 18.1 Å². The third kappa shape index (κ3) is 4.56. The summed E-state index contributed by atoms with van der Waals surface area (Å²) in [6, 6.07) is 8.45. The molecule has 4 aromatic rings. The van der Waals surface area contributed by atoms with Crippen LogP contribution in [0.25, 0.3) is 11.0 Å². The third-order valence-electron chi connectivity index (χ3n) is 8.90. The second-order valence-electron chi connectivity index (χ2n) is 11.2. The van der Waals surface area contributed by atoms with Crippen molar-refractivity contribution >= 4 is 28.6 Å². The predicted octanol–water partition coefficient (Wildman–Crippen LogP) is 4.06. The molecule has 9 nitrogen and oxygen atoms in total. The van der Waals surface area contributed by atoms with Gasteiger partial charge in [-0.25, -0.2) is 15.0 Å². The summed E-state index contributed by atoms with van der Waals surface area (Å²) in [5.74, 6) is 0.772. The van der Waals surface area contributed by atoms with Crippen LogP contribution in [0.5, 0.6) is 0 Å². The molecule has 0 aromatic carbocycles. The number of aliphatic hydroxyl groups is 1. The van der Waals surface area contributed by atoms with Crippen molar-refractivity contribution in [3.05, 3.63) is 65.5 Å². The van der Waals surface area contributed by atoms with Crippen LogP contribution < -0.4 is 10.6 Å². The van der Waals surface area contributed by atoms with Crippen molar-refractivity contribution < 1.29 is 9.84 Å². The molecule has 4 aromatic heterocycles. The van der Waals surface area contributed by atoms with Crippen molar-refractivity contribution in [2.75, 3.05) is 31.2 Å². The van der Waals surface area contributed by atoms with Gasteiger partial charge in [-0.1, -0.05) is 17.8 Å². The molecule has 1 spiro atoms. The lowest BCUT2D eigenvalue weighted by Crippen LogP contribution is -2.45. The van der Waals surface area contributed by atoms with Gasteiger partial charge in [-0.2, -0.15) is 0 Å². The molecule has 1 atom stereocenters. The number of anilines is 1. The molecule has 1 saturated heterocycles. The number of nitrogens with two attached hydrogens (primary N) is 1. The maximum atomic E-state index is 10.3. The average Bonchev–Trinajstić information content (AvgIpc) is 3.51. The number of rotatable bonds is 4. The van der Waals surface area contributed by atoms with E-state index < -0.39 is 0 Å². The summed E-state index contributed by atoms with van der Waals surface area (Å²) >= 11 is 1.58. The molecule has 0 saturated carbocycles. The molecule has 10 heteroatoms. The second-order valence-corrected chi connectivity index (χ2v) is 12.2. The minimum absolute atomic E-state index is 0.0178. The number of aryl methyl sites for hydroxylation is 2. The molecular weight excluding hydrogens is 522 g/mol. The molecule has 0 unspecified atom stereocenters. The Bertz CT molecular complexity index is 1530. The fourth-order valence-corrected chi connectivity index (χ4v) is 7.62. The first kappa shape index (κ1) is 25.9. The fourth-order valence-electron chi connectivity index (χ4n) is 6.75. The van der Waals surface area contributed by atoms with E-state index in [0.717, 1.165) is 104 Å². The zero-order chi connectivity index (χ0) is 27.1. The molecule has 208 valence electrons. The van der Waals surface area contributed by atoms with Crippen molar-refractivity contribution in [3.63, 3.8) is 0 Å². The van der Waals surface area contributed by atoms with Crippen LogP contribution in [0.4, 0.5) is 5.82 Å². The van der Waals surface area contributed by atoms with E-state index in [1.807, 2.05) is 30.7 Å². The molecular formula is C30H35N7O2S. The molecule has 3 aliphatic rings. The Morgan fingerprint density at radius 1 is 1.07 bits per heavy atom. The summed E-state index contributed by atoms with van der Waals surface area (Å²) in [5.41, 5.74) is 12.1. The molecule has 7 rings (SSSR count). The Hall–Kier alpha value is -3.05. The normalized spacial score (nSPS) is 20.6. The lowest BCUT2D eigenvalue weighted by molar-refractivity contribution is 0.130. The van der Waals surface area contributed by atoms with Gasteiger partial charge in [0.2, 0.25) is 0 Å². The van der Waals surface area contributed by atoms with Crippen molar-refractivity contribution in [1.29, 1.82) is 0 Å². The Labute approximate surface area is 238 Å². The molecule has 0 bridgehead atoms. The highest BCUT2D eigenvalue weighted by Gasteiger charge is 2.46. The van der Waals surface area contributed by atoms with Gasteiger partial charge in [-0.3, -0.25) is 4.98 Å². The SMILES string of the molecule is N[C@@H]1c2cccnc2CC12CCN(c1ncc(Sc3ccnc4c3cc3n4CCCOCCC3)nc1CO)CC2. The summed E-state index contributed by atoms with van der Waals surface area (Å²) in [5, 5.41) is 12.2. The third-order valence-corrected chi connectivity index (χ3v) is 9.88. The fraction of sp³-hybridized carbons (Fsp3) is 0.467. The van der Waals surface area contributed by atoms with E-state index in [1.165, 1.54) is 11.3 Å². The number of aliphatic hydroxyl groups excluding tert-OH is 1. The minimum atomic E-state index is -0.151. The van der Waals surface area contributed by atoms with Crippen LogP contribution in [0, 0.1) is 5.41 Å². The zero-order valence-corrected chi connectivity index (χ0v) is 23.4. The number of nitrogens with zero attached hydrogens (tertiary/aromatic N) is 6. The number of ether oxygens (including phenoxy) is 1. The first-order valence-electron chi connectivity index (χ1n) is 14.3. The van der Waals surface area contributed by atoms with Crippen molar-refractivity contribution in [1.82, 2.24) is 24.5 Å². The van der Waals surface area contributed by atoms with Crippen LogP contribution in [0.2, 0.25) is 0 Å². The van der Waals surface area contributed by atoms with Crippen molar-refractivity contribution in [2.24, 2.45) is 11.1 Å². The lowest BCUT2D eigenvalue weighted by atomic mass is 9.73. The summed E-state index contributed by atoms with van der Waals surface area (Å²) in [6.45, 7) is 4.02. The summed E-state index contributed by atoms with van der Waals surface area (Å²) < 4.78 is 8.05. The highest BCUT2D eigenvalue weighted by atomic mass is 32.2. The molecule has 3 N–H and O–H groups in total. The first-order valence-corrected chi connectivity index (χ1v) is 15.1. The van der Waals surface area contributed by atoms with Gasteiger partial charge >= 0.3 is 0 Å². The lowest BCUT2D eigenvalue weighted by Gasteiger charge is -2.42. The highest BCUT2D eigenvalue weighted by molar-refractivity contribution is 7.99. The van der Waals surface area contributed by atoms with E-state index in [0.29, 0.717) is 5.69 Å². The van der Waals surface area contributed by atoms with Gasteiger partial charge in [-0.15, -0.1) is 0 Å². The average molecular weight is 558 g/mol. The quantitative estimate of drug-likeness (QED) is 0.383. The summed E-state index contributed by atoms with van der Waals surface area (Å²) in [6.07, 6.45) is 11.4. The van der Waals surface area contributed by atoms with Crippen LogP contribution >= 0.6 is 11.8 Å². The zero-order valence-electron chi connectivity index (χ0n) is 22.6. The van der Waals surface area contributed by atoms with Crippen LogP contribution in [0.15, 0.2) is 52.8 Å². The van der Waals surface area contributed by atoms with E-state index in [9.17, 15) is 5.11 Å². The van der Waals surface area contributed by atoms with Crippen LogP contribution in [-0.4, -0.2) is 55.9 Å². The maximum Gasteiger partial charge on any atom is 0.152 e. The number of fused-ring (bicyclic) bond motifs is 4. The monoisotopic (exact) mass is 557 g/mol. The standard InChI is InChI=1S/C30H35N7O2S/c31-27-21-5-1-9-32-23(21)17-30(27)7-12-36(13-8-30)29-24(19-38)35-26(18-34-29)40-25-6-10-33-28-22(25)16-20-4-2-14-39-15-3-11-37(20)28/h1,5-6,9-10,16,18,27,38H,2-4,7-8,11-15,17,19,31H2/t27-/m1/s1. The molecule has 0 radical (unpaired) electrons. The molecule has 0 amide bonds. The smallest absolute Gasteiger partial charge is 0.152 e. The number of hydrogen-bond acceptors (Lipinski definition) is 9. The molecule has 1 fully saturated rings. The maximum absolute atomic E-state index is 10.3. The largest absolute Gasteiger partial charge is 0.390 e. The topological polar surface area (TPSA) is 115 Å². The van der Waals surface area contributed by atoms with Gasteiger partial charge in [0.05, 0.1) is 12.8 Å². The van der Waals surface area contributed by atoms with Crippen molar-refractivity contribution in [2.45, 2.75) is 67.6 Å². The van der Waals surface area contributed by atoms with Gasteiger partial charge in [-0.05, 0) is 67.7 Å². The summed E-state index contributed by atoms with van der Waals surface area (Å²) in [7, 11) is 0. The molecule has 1 aliphatic carbocycles. The predicted molar refractivity (Wildman–Crippen MR) is 154 cm³/mol. The number of piperidine rings is 1. The van der Waals surface area contributed by atoms with Gasteiger partial charge in [0.1, 0.15) is 16.4 Å². The Kier molecular flexibility index (Phi) is 6.95. The first-order chi connectivity index (χ1) is 19.6.